The van der Waals surface area contributed by atoms with E-state index >= 15 is 0 Å². The molecular weight excluding hydrogens is 344 g/mol. The Kier molecular flexibility index (Phi) is 7.38. The monoisotopic (exact) mass is 372 g/mol. The van der Waals surface area contributed by atoms with Crippen LogP contribution in [0.2, 0.25) is 0 Å². The molecule has 1 saturated heterocycles. The molecule has 0 aliphatic carbocycles. The van der Waals surface area contributed by atoms with Gasteiger partial charge in [-0.15, -0.1) is 0 Å². The molecule has 1 fully saturated rings. The highest BCUT2D eigenvalue weighted by Crippen LogP contribution is 2.29. The zero-order valence-corrected chi connectivity index (χ0v) is 15.9. The fourth-order valence-electron chi connectivity index (χ4n) is 3.35. The lowest BCUT2D eigenvalue weighted by molar-refractivity contribution is -0.286. The Morgan fingerprint density at radius 1 is 0.926 bits per heavy atom. The van der Waals surface area contributed by atoms with Crippen LogP contribution in [0.4, 0.5) is 0 Å². The summed E-state index contributed by atoms with van der Waals surface area (Å²) in [4.78, 5) is 0. The molecule has 0 radical (unpaired) electrons. The van der Waals surface area contributed by atoms with Crippen molar-refractivity contribution >= 4 is 0 Å². The summed E-state index contributed by atoms with van der Waals surface area (Å²) < 4.78 is 23.2. The van der Waals surface area contributed by atoms with Gasteiger partial charge in [0.1, 0.15) is 12.2 Å². The van der Waals surface area contributed by atoms with Crippen molar-refractivity contribution in [1.82, 2.24) is 0 Å². The van der Waals surface area contributed by atoms with Crippen molar-refractivity contribution in [2.45, 2.75) is 44.7 Å². The Bertz CT molecular complexity index is 663. The Balaban J connectivity index is 1.58. The van der Waals surface area contributed by atoms with E-state index in [2.05, 4.69) is 0 Å². The van der Waals surface area contributed by atoms with Crippen LogP contribution in [0.3, 0.4) is 0 Å². The molecular formula is C22H28O5. The van der Waals surface area contributed by atoms with Gasteiger partial charge in [0.15, 0.2) is 6.29 Å². The van der Waals surface area contributed by atoms with Gasteiger partial charge in [-0.25, -0.2) is 0 Å². The molecule has 1 N–H and O–H groups in total. The minimum Gasteiger partial charge on any atom is -0.388 e. The number of rotatable bonds is 8. The average Bonchev–Trinajstić information content (AvgIpc) is 2.71. The minimum absolute atomic E-state index is 0.0981. The Labute approximate surface area is 160 Å². The normalized spacial score (nSPS) is 28.2. The number of hydrogen-bond acceptors (Lipinski definition) is 5. The zero-order valence-electron chi connectivity index (χ0n) is 15.9. The summed E-state index contributed by atoms with van der Waals surface area (Å²) in [5.41, 5.74) is 2.14. The molecule has 1 aliphatic rings. The van der Waals surface area contributed by atoms with Gasteiger partial charge in [-0.1, -0.05) is 67.6 Å². The summed E-state index contributed by atoms with van der Waals surface area (Å²) in [7, 11) is 1.61. The molecule has 5 atom stereocenters. The van der Waals surface area contributed by atoms with Crippen molar-refractivity contribution in [3.05, 3.63) is 71.8 Å². The summed E-state index contributed by atoms with van der Waals surface area (Å²) in [5, 5.41) is 10.8. The van der Waals surface area contributed by atoms with Crippen LogP contribution in [0.15, 0.2) is 60.7 Å². The van der Waals surface area contributed by atoms with Crippen LogP contribution in [0.1, 0.15) is 18.1 Å². The predicted octanol–water partition coefficient (Wildman–Crippen LogP) is 3.16. The van der Waals surface area contributed by atoms with Crippen LogP contribution in [0, 0.1) is 5.92 Å². The molecule has 1 aliphatic heterocycles. The van der Waals surface area contributed by atoms with Crippen molar-refractivity contribution in [3.63, 3.8) is 0 Å². The van der Waals surface area contributed by atoms with Gasteiger partial charge in [0.2, 0.25) is 0 Å². The molecule has 1 heterocycles. The molecule has 5 nitrogen and oxygen atoms in total. The third kappa shape index (κ3) is 5.37. The fourth-order valence-corrected chi connectivity index (χ4v) is 3.35. The maximum Gasteiger partial charge on any atom is 0.162 e. The Hall–Kier alpha value is -1.76. The maximum atomic E-state index is 10.8. The van der Waals surface area contributed by atoms with Crippen molar-refractivity contribution in [2.75, 3.05) is 13.7 Å². The number of aliphatic hydroxyl groups excluding tert-OH is 1. The van der Waals surface area contributed by atoms with Crippen molar-refractivity contribution in [2.24, 2.45) is 5.92 Å². The van der Waals surface area contributed by atoms with Crippen LogP contribution < -0.4 is 0 Å². The second-order valence-electron chi connectivity index (χ2n) is 6.89. The highest BCUT2D eigenvalue weighted by Gasteiger charge is 2.44. The van der Waals surface area contributed by atoms with Crippen LogP contribution in [0.25, 0.3) is 0 Å². The molecule has 0 amide bonds. The van der Waals surface area contributed by atoms with Gasteiger partial charge in [0.05, 0.1) is 25.9 Å². The van der Waals surface area contributed by atoms with Crippen molar-refractivity contribution in [1.29, 1.82) is 0 Å². The number of aliphatic hydroxyl groups is 1. The number of hydrogen-bond donors (Lipinski definition) is 1. The second kappa shape index (κ2) is 9.97. The number of benzene rings is 2. The van der Waals surface area contributed by atoms with E-state index in [0.717, 1.165) is 11.1 Å². The van der Waals surface area contributed by atoms with Crippen LogP contribution in [0.5, 0.6) is 0 Å². The van der Waals surface area contributed by atoms with E-state index in [4.69, 9.17) is 18.9 Å². The highest BCUT2D eigenvalue weighted by molar-refractivity contribution is 5.14. The van der Waals surface area contributed by atoms with E-state index in [9.17, 15) is 5.11 Å². The lowest BCUT2D eigenvalue weighted by Gasteiger charge is -2.42. The molecule has 3 rings (SSSR count). The predicted molar refractivity (Wildman–Crippen MR) is 102 cm³/mol. The Morgan fingerprint density at radius 3 is 2.11 bits per heavy atom. The first kappa shape index (κ1) is 20.0. The van der Waals surface area contributed by atoms with Gasteiger partial charge in [-0.2, -0.15) is 0 Å². The molecule has 0 bridgehead atoms. The highest BCUT2D eigenvalue weighted by atomic mass is 16.7. The Morgan fingerprint density at radius 2 is 1.52 bits per heavy atom. The van der Waals surface area contributed by atoms with E-state index in [-0.39, 0.29) is 12.5 Å². The molecule has 0 spiro atoms. The summed E-state index contributed by atoms with van der Waals surface area (Å²) in [6.45, 7) is 3.14. The van der Waals surface area contributed by atoms with Gasteiger partial charge in [-0.3, -0.25) is 0 Å². The molecule has 2 aromatic carbocycles. The lowest BCUT2D eigenvalue weighted by atomic mass is 9.92. The number of methoxy groups -OCH3 is 1. The molecule has 3 unspecified atom stereocenters. The van der Waals surface area contributed by atoms with Crippen molar-refractivity contribution < 1.29 is 24.1 Å². The summed E-state index contributed by atoms with van der Waals surface area (Å²) in [6, 6.07) is 19.8. The van der Waals surface area contributed by atoms with Crippen molar-refractivity contribution in [3.8, 4) is 0 Å². The van der Waals surface area contributed by atoms with Gasteiger partial charge >= 0.3 is 0 Å². The van der Waals surface area contributed by atoms with Gasteiger partial charge in [-0.05, 0) is 11.1 Å². The third-order valence-corrected chi connectivity index (χ3v) is 4.89. The molecule has 0 aromatic heterocycles. The fraction of sp³-hybridized carbons (Fsp3) is 0.455. The SMILES string of the molecule is COC1OC(COCc2ccccc2)[C@@H](O)C(OCc2ccccc2)[C@H]1C. The van der Waals surface area contributed by atoms with E-state index in [1.807, 2.05) is 67.6 Å². The van der Waals surface area contributed by atoms with E-state index in [1.165, 1.54) is 0 Å². The number of ether oxygens (including phenoxy) is 4. The molecule has 146 valence electrons. The first-order valence-corrected chi connectivity index (χ1v) is 9.32. The van der Waals surface area contributed by atoms with Crippen LogP contribution >= 0.6 is 0 Å². The summed E-state index contributed by atoms with van der Waals surface area (Å²) >= 11 is 0. The standard InChI is InChI=1S/C22H28O5/c1-16-21(26-14-18-11-7-4-8-12-18)20(23)19(27-22(16)24-2)15-25-13-17-9-5-3-6-10-17/h3-12,16,19-23H,13-15H2,1-2H3/t16-,19?,20-,21?,22?/m1/s1. The molecule has 0 saturated carbocycles. The van der Waals surface area contributed by atoms with Crippen LogP contribution in [-0.4, -0.2) is 43.4 Å². The topological polar surface area (TPSA) is 57.2 Å². The quantitative estimate of drug-likeness (QED) is 0.771. The first-order chi connectivity index (χ1) is 13.2. The van der Waals surface area contributed by atoms with Gasteiger partial charge in [0, 0.05) is 13.0 Å². The maximum absolute atomic E-state index is 10.8. The third-order valence-electron chi connectivity index (χ3n) is 4.89. The van der Waals surface area contributed by atoms with Gasteiger partial charge < -0.3 is 24.1 Å². The largest absolute Gasteiger partial charge is 0.388 e. The molecule has 27 heavy (non-hydrogen) atoms. The lowest BCUT2D eigenvalue weighted by Crippen LogP contribution is -2.56. The zero-order chi connectivity index (χ0) is 19.1. The first-order valence-electron chi connectivity index (χ1n) is 9.32. The van der Waals surface area contributed by atoms with E-state index in [0.29, 0.717) is 13.2 Å². The summed E-state index contributed by atoms with van der Waals surface area (Å²) in [5.74, 6) is -0.0981. The van der Waals surface area contributed by atoms with E-state index < -0.39 is 24.6 Å². The molecule has 2 aromatic rings. The van der Waals surface area contributed by atoms with E-state index in [1.54, 1.807) is 7.11 Å². The second-order valence-corrected chi connectivity index (χ2v) is 6.89. The smallest absolute Gasteiger partial charge is 0.162 e. The average molecular weight is 372 g/mol. The summed E-state index contributed by atoms with van der Waals surface area (Å²) in [6.07, 6.45) is -2.13. The van der Waals surface area contributed by atoms with Crippen LogP contribution in [-0.2, 0) is 32.2 Å². The minimum atomic E-state index is -0.786. The van der Waals surface area contributed by atoms with Gasteiger partial charge in [0.25, 0.3) is 0 Å². The molecule has 5 heteroatoms.